The Balaban J connectivity index is 1.97. The van der Waals surface area contributed by atoms with Gasteiger partial charge in [0, 0.05) is 17.8 Å². The zero-order valence-electron chi connectivity index (χ0n) is 10.7. The Morgan fingerprint density at radius 3 is 2.65 bits per heavy atom. The molecule has 0 fully saturated rings. The lowest BCUT2D eigenvalue weighted by Crippen LogP contribution is -1.97. The molecule has 5 heteroatoms. The van der Waals surface area contributed by atoms with Crippen molar-refractivity contribution in [3.63, 3.8) is 0 Å². The summed E-state index contributed by atoms with van der Waals surface area (Å²) in [7, 11) is 0. The first kappa shape index (κ1) is 13.6. The molecule has 0 aliphatic heterocycles. The van der Waals surface area contributed by atoms with E-state index in [1.54, 1.807) is 6.07 Å². The summed E-state index contributed by atoms with van der Waals surface area (Å²) in [5.41, 5.74) is 6.88. The van der Waals surface area contributed by atoms with Gasteiger partial charge in [-0.3, -0.25) is 10.1 Å². The van der Waals surface area contributed by atoms with Crippen LogP contribution in [-0.4, -0.2) is 11.5 Å². The number of rotatable bonds is 5. The molecule has 0 aromatic heterocycles. The fourth-order valence-electron chi connectivity index (χ4n) is 1.69. The number of hydrogen-bond acceptors (Lipinski definition) is 4. The summed E-state index contributed by atoms with van der Waals surface area (Å²) < 4.78 is 5.43. The van der Waals surface area contributed by atoms with Gasteiger partial charge in [0.05, 0.1) is 11.0 Å². The minimum atomic E-state index is -0.497. The average molecular weight is 270 g/mol. The van der Waals surface area contributed by atoms with Crippen molar-refractivity contribution in [2.75, 3.05) is 12.3 Å². The van der Waals surface area contributed by atoms with Gasteiger partial charge in [0.1, 0.15) is 12.4 Å². The van der Waals surface area contributed by atoms with Crippen LogP contribution in [-0.2, 0) is 0 Å². The first-order valence-electron chi connectivity index (χ1n) is 6.04. The van der Waals surface area contributed by atoms with Gasteiger partial charge in [-0.05, 0) is 11.6 Å². The highest BCUT2D eigenvalue weighted by molar-refractivity contribution is 5.53. The average Bonchev–Trinajstić information content (AvgIpc) is 2.44. The molecule has 0 aliphatic rings. The second-order valence-electron chi connectivity index (χ2n) is 4.14. The minimum absolute atomic E-state index is 0.0768. The first-order valence-corrected chi connectivity index (χ1v) is 6.04. The predicted octanol–water partition coefficient (Wildman–Crippen LogP) is 3.27. The number of hydrogen-bond donors (Lipinski definition) is 1. The van der Waals surface area contributed by atoms with Crippen LogP contribution < -0.4 is 10.5 Å². The predicted molar refractivity (Wildman–Crippen MR) is 78.5 cm³/mol. The van der Waals surface area contributed by atoms with Crippen LogP contribution in [0.15, 0.2) is 54.6 Å². The minimum Gasteiger partial charge on any atom is -0.489 e. The SMILES string of the molecule is Nc1cc(OC/C=C/c2ccccc2)cc([N+](=O)[O-])c1. The fraction of sp³-hybridized carbons (Fsp3) is 0.0667. The molecule has 2 rings (SSSR count). The highest BCUT2D eigenvalue weighted by Crippen LogP contribution is 2.24. The Labute approximate surface area is 116 Å². The normalized spacial score (nSPS) is 10.6. The molecule has 0 bridgehead atoms. The quantitative estimate of drug-likeness (QED) is 0.513. The lowest BCUT2D eigenvalue weighted by molar-refractivity contribution is -0.384. The van der Waals surface area contributed by atoms with Crippen LogP contribution in [0.5, 0.6) is 5.75 Å². The molecule has 2 aromatic rings. The van der Waals surface area contributed by atoms with Crippen molar-refractivity contribution in [3.05, 3.63) is 70.3 Å². The molecule has 102 valence electrons. The van der Waals surface area contributed by atoms with E-state index in [2.05, 4.69) is 0 Å². The van der Waals surface area contributed by atoms with Gasteiger partial charge in [0.2, 0.25) is 0 Å². The van der Waals surface area contributed by atoms with Crippen molar-refractivity contribution < 1.29 is 9.66 Å². The van der Waals surface area contributed by atoms with Crippen LogP contribution in [0.3, 0.4) is 0 Å². The summed E-state index contributed by atoms with van der Waals surface area (Å²) in [6.07, 6.45) is 3.76. The molecule has 0 saturated carbocycles. The summed E-state index contributed by atoms with van der Waals surface area (Å²) in [6.45, 7) is 0.315. The lowest BCUT2D eigenvalue weighted by Gasteiger charge is -2.04. The number of nitro benzene ring substituents is 1. The monoisotopic (exact) mass is 270 g/mol. The highest BCUT2D eigenvalue weighted by atomic mass is 16.6. The summed E-state index contributed by atoms with van der Waals surface area (Å²) in [5.74, 6) is 0.384. The van der Waals surface area contributed by atoms with Gasteiger partial charge in [-0.15, -0.1) is 0 Å². The van der Waals surface area contributed by atoms with E-state index >= 15 is 0 Å². The molecular formula is C15H14N2O3. The maximum Gasteiger partial charge on any atom is 0.275 e. The number of non-ortho nitro benzene ring substituents is 1. The fourth-order valence-corrected chi connectivity index (χ4v) is 1.69. The van der Waals surface area contributed by atoms with Crippen LogP contribution >= 0.6 is 0 Å². The van der Waals surface area contributed by atoms with Crippen molar-refractivity contribution in [2.45, 2.75) is 0 Å². The Kier molecular flexibility index (Phi) is 4.34. The van der Waals surface area contributed by atoms with Gasteiger partial charge in [-0.1, -0.05) is 36.4 Å². The van der Waals surface area contributed by atoms with E-state index in [0.717, 1.165) is 5.56 Å². The number of benzene rings is 2. The summed E-state index contributed by atoms with van der Waals surface area (Å²) in [5, 5.41) is 10.7. The Morgan fingerprint density at radius 2 is 1.95 bits per heavy atom. The smallest absolute Gasteiger partial charge is 0.275 e. The molecule has 20 heavy (non-hydrogen) atoms. The van der Waals surface area contributed by atoms with Gasteiger partial charge in [0.15, 0.2) is 0 Å². The Bertz CT molecular complexity index is 624. The van der Waals surface area contributed by atoms with Crippen LogP contribution in [0.25, 0.3) is 6.08 Å². The second-order valence-corrected chi connectivity index (χ2v) is 4.14. The summed E-state index contributed by atoms with van der Waals surface area (Å²) in [4.78, 5) is 10.2. The van der Waals surface area contributed by atoms with Crippen molar-refractivity contribution in [1.29, 1.82) is 0 Å². The zero-order valence-corrected chi connectivity index (χ0v) is 10.7. The third-order valence-corrected chi connectivity index (χ3v) is 2.58. The maximum absolute atomic E-state index is 10.7. The highest BCUT2D eigenvalue weighted by Gasteiger charge is 2.08. The third kappa shape index (κ3) is 3.84. The Morgan fingerprint density at radius 1 is 1.20 bits per heavy atom. The molecule has 2 N–H and O–H groups in total. The number of nitrogen functional groups attached to an aromatic ring is 1. The molecule has 0 atom stereocenters. The second kappa shape index (κ2) is 6.38. The molecule has 0 saturated heterocycles. The molecule has 0 aliphatic carbocycles. The van der Waals surface area contributed by atoms with Gasteiger partial charge < -0.3 is 10.5 Å². The lowest BCUT2D eigenvalue weighted by atomic mass is 10.2. The number of ether oxygens (including phenoxy) is 1. The van der Waals surface area contributed by atoms with Crippen molar-refractivity contribution >= 4 is 17.5 Å². The number of anilines is 1. The van der Waals surface area contributed by atoms with E-state index in [-0.39, 0.29) is 5.69 Å². The van der Waals surface area contributed by atoms with Gasteiger partial charge in [-0.25, -0.2) is 0 Å². The first-order chi connectivity index (χ1) is 9.65. The van der Waals surface area contributed by atoms with Crippen LogP contribution in [0.4, 0.5) is 11.4 Å². The van der Waals surface area contributed by atoms with Gasteiger partial charge in [-0.2, -0.15) is 0 Å². The summed E-state index contributed by atoms with van der Waals surface area (Å²) in [6, 6.07) is 14.0. The van der Waals surface area contributed by atoms with Crippen LogP contribution in [0, 0.1) is 10.1 Å². The molecule has 0 radical (unpaired) electrons. The Hall–Kier alpha value is -2.82. The standard InChI is InChI=1S/C15H14N2O3/c16-13-9-14(17(18)19)11-15(10-13)20-8-4-7-12-5-2-1-3-6-12/h1-7,9-11H,8,16H2/b7-4+. The van der Waals surface area contributed by atoms with Crippen LogP contribution in [0.1, 0.15) is 5.56 Å². The number of nitro groups is 1. The maximum atomic E-state index is 10.7. The number of nitrogens with two attached hydrogens (primary N) is 1. The van der Waals surface area contributed by atoms with E-state index in [0.29, 0.717) is 18.0 Å². The van der Waals surface area contributed by atoms with Crippen molar-refractivity contribution in [3.8, 4) is 5.75 Å². The molecule has 2 aromatic carbocycles. The zero-order chi connectivity index (χ0) is 14.4. The number of nitrogens with zero attached hydrogens (tertiary/aromatic N) is 1. The van der Waals surface area contributed by atoms with E-state index in [1.807, 2.05) is 42.5 Å². The van der Waals surface area contributed by atoms with E-state index < -0.39 is 4.92 Å². The molecule has 5 nitrogen and oxygen atoms in total. The van der Waals surface area contributed by atoms with Crippen LogP contribution in [0.2, 0.25) is 0 Å². The van der Waals surface area contributed by atoms with E-state index in [4.69, 9.17) is 10.5 Å². The van der Waals surface area contributed by atoms with Gasteiger partial charge in [0.25, 0.3) is 5.69 Å². The van der Waals surface area contributed by atoms with Gasteiger partial charge >= 0.3 is 0 Å². The molecule has 0 unspecified atom stereocenters. The third-order valence-electron chi connectivity index (χ3n) is 2.58. The molecule has 0 amide bonds. The van der Waals surface area contributed by atoms with Crippen molar-refractivity contribution in [2.24, 2.45) is 0 Å². The topological polar surface area (TPSA) is 78.4 Å². The molecular weight excluding hydrogens is 256 g/mol. The summed E-state index contributed by atoms with van der Waals surface area (Å²) >= 11 is 0. The largest absolute Gasteiger partial charge is 0.489 e. The van der Waals surface area contributed by atoms with Crippen molar-refractivity contribution in [1.82, 2.24) is 0 Å². The van der Waals surface area contributed by atoms with E-state index in [9.17, 15) is 10.1 Å². The van der Waals surface area contributed by atoms with E-state index in [1.165, 1.54) is 12.1 Å². The molecule has 0 spiro atoms. The molecule has 0 heterocycles.